The molecule has 0 N–H and O–H groups in total. The summed E-state index contributed by atoms with van der Waals surface area (Å²) >= 11 is 0. The van der Waals surface area contributed by atoms with E-state index in [-0.39, 0.29) is 0 Å². The predicted molar refractivity (Wildman–Crippen MR) is 74.7 cm³/mol. The van der Waals surface area contributed by atoms with E-state index in [9.17, 15) is 0 Å². The fourth-order valence-corrected chi connectivity index (χ4v) is 2.29. The molecular formula is C16H15N3. The van der Waals surface area contributed by atoms with Crippen LogP contribution in [0.3, 0.4) is 0 Å². The average Bonchev–Trinajstić information content (AvgIpc) is 3.00. The van der Waals surface area contributed by atoms with Crippen molar-refractivity contribution in [2.24, 2.45) is 0 Å². The van der Waals surface area contributed by atoms with Crippen LogP contribution in [0.25, 0.3) is 0 Å². The molecule has 0 aliphatic heterocycles. The molecule has 0 unspecified atom stereocenters. The number of hydrogen-bond donors (Lipinski definition) is 0. The number of aromatic nitrogens is 3. The first-order valence-corrected chi connectivity index (χ1v) is 6.37. The van der Waals surface area contributed by atoms with E-state index in [1.165, 1.54) is 11.1 Å². The van der Waals surface area contributed by atoms with Crippen molar-refractivity contribution < 1.29 is 0 Å². The van der Waals surface area contributed by atoms with Crippen LogP contribution in [0.1, 0.15) is 17.0 Å². The Bertz CT molecular complexity index is 564. The Morgan fingerprint density at radius 1 is 0.842 bits per heavy atom. The Hall–Kier alpha value is -2.42. The number of rotatable bonds is 4. The molecule has 0 amide bonds. The SMILES string of the molecule is c1ccc(C(Cn2ccnn2)c2ccccc2)cc1. The fraction of sp³-hybridized carbons (Fsp3) is 0.125. The third-order valence-electron chi connectivity index (χ3n) is 3.25. The van der Waals surface area contributed by atoms with Gasteiger partial charge in [-0.1, -0.05) is 65.9 Å². The molecule has 3 nitrogen and oxygen atoms in total. The molecular weight excluding hydrogens is 234 g/mol. The molecule has 3 heteroatoms. The van der Waals surface area contributed by atoms with E-state index in [2.05, 4.69) is 58.8 Å². The van der Waals surface area contributed by atoms with Gasteiger partial charge in [0.1, 0.15) is 0 Å². The Morgan fingerprint density at radius 2 is 1.42 bits per heavy atom. The minimum Gasteiger partial charge on any atom is -0.252 e. The summed E-state index contributed by atoms with van der Waals surface area (Å²) in [5.74, 6) is 0.295. The molecule has 3 aromatic rings. The van der Waals surface area contributed by atoms with E-state index in [1.54, 1.807) is 6.20 Å². The van der Waals surface area contributed by atoms with E-state index in [0.717, 1.165) is 6.54 Å². The maximum absolute atomic E-state index is 4.07. The van der Waals surface area contributed by atoms with Gasteiger partial charge in [0.25, 0.3) is 0 Å². The van der Waals surface area contributed by atoms with Crippen LogP contribution in [0.5, 0.6) is 0 Å². The van der Waals surface area contributed by atoms with Crippen LogP contribution in [-0.2, 0) is 6.54 Å². The van der Waals surface area contributed by atoms with Crippen LogP contribution >= 0.6 is 0 Å². The molecule has 2 aromatic carbocycles. The first-order chi connectivity index (χ1) is 9.43. The van der Waals surface area contributed by atoms with Gasteiger partial charge in [-0.25, -0.2) is 0 Å². The van der Waals surface area contributed by atoms with E-state index >= 15 is 0 Å². The standard InChI is InChI=1S/C16H15N3/c1-3-7-14(8-4-1)16(13-19-12-11-17-18-19)15-9-5-2-6-10-15/h1-12,16H,13H2. The zero-order valence-corrected chi connectivity index (χ0v) is 10.6. The van der Waals surface area contributed by atoms with Crippen molar-refractivity contribution in [3.05, 3.63) is 84.2 Å². The first kappa shape index (κ1) is 11.7. The second-order valence-corrected chi connectivity index (χ2v) is 4.50. The van der Waals surface area contributed by atoms with Crippen LogP contribution in [-0.4, -0.2) is 15.0 Å². The molecule has 0 spiro atoms. The summed E-state index contributed by atoms with van der Waals surface area (Å²) in [6.45, 7) is 0.800. The summed E-state index contributed by atoms with van der Waals surface area (Å²) in [5, 5.41) is 7.95. The van der Waals surface area contributed by atoms with Gasteiger partial charge in [-0.15, -0.1) is 5.10 Å². The Labute approximate surface area is 112 Å². The second kappa shape index (κ2) is 5.48. The summed E-state index contributed by atoms with van der Waals surface area (Å²) in [5.41, 5.74) is 2.59. The van der Waals surface area contributed by atoms with E-state index in [0.29, 0.717) is 5.92 Å². The van der Waals surface area contributed by atoms with Crippen molar-refractivity contribution in [3.63, 3.8) is 0 Å². The van der Waals surface area contributed by atoms with Gasteiger partial charge in [-0.05, 0) is 11.1 Å². The molecule has 0 fully saturated rings. The predicted octanol–water partition coefficient (Wildman–Crippen LogP) is 3.11. The number of hydrogen-bond acceptors (Lipinski definition) is 2. The highest BCUT2D eigenvalue weighted by molar-refractivity contribution is 5.32. The third kappa shape index (κ3) is 2.71. The zero-order valence-electron chi connectivity index (χ0n) is 10.6. The quantitative estimate of drug-likeness (QED) is 0.711. The lowest BCUT2D eigenvalue weighted by molar-refractivity contribution is 0.545. The third-order valence-corrected chi connectivity index (χ3v) is 3.25. The van der Waals surface area contributed by atoms with Crippen molar-refractivity contribution in [3.8, 4) is 0 Å². The molecule has 3 rings (SSSR count). The van der Waals surface area contributed by atoms with E-state index in [1.807, 2.05) is 23.0 Å². The number of benzene rings is 2. The van der Waals surface area contributed by atoms with Crippen molar-refractivity contribution in [1.29, 1.82) is 0 Å². The average molecular weight is 249 g/mol. The largest absolute Gasteiger partial charge is 0.252 e. The molecule has 0 aliphatic carbocycles. The topological polar surface area (TPSA) is 30.7 Å². The molecule has 19 heavy (non-hydrogen) atoms. The van der Waals surface area contributed by atoms with Gasteiger partial charge in [-0.3, -0.25) is 4.68 Å². The Balaban J connectivity index is 1.96. The van der Waals surface area contributed by atoms with Gasteiger partial charge in [0, 0.05) is 12.1 Å². The summed E-state index contributed by atoms with van der Waals surface area (Å²) in [7, 11) is 0. The maximum atomic E-state index is 4.07. The Morgan fingerprint density at radius 3 is 1.89 bits per heavy atom. The van der Waals surface area contributed by atoms with Crippen LogP contribution in [0.2, 0.25) is 0 Å². The van der Waals surface area contributed by atoms with Gasteiger partial charge in [0.2, 0.25) is 0 Å². The lowest BCUT2D eigenvalue weighted by atomic mass is 9.91. The highest BCUT2D eigenvalue weighted by Crippen LogP contribution is 2.25. The van der Waals surface area contributed by atoms with Gasteiger partial charge < -0.3 is 0 Å². The second-order valence-electron chi connectivity index (χ2n) is 4.50. The highest BCUT2D eigenvalue weighted by atomic mass is 15.4. The summed E-state index contributed by atoms with van der Waals surface area (Å²) < 4.78 is 1.88. The molecule has 1 heterocycles. The van der Waals surface area contributed by atoms with Gasteiger partial charge >= 0.3 is 0 Å². The number of nitrogens with zero attached hydrogens (tertiary/aromatic N) is 3. The molecule has 0 bridgehead atoms. The van der Waals surface area contributed by atoms with E-state index in [4.69, 9.17) is 0 Å². The van der Waals surface area contributed by atoms with Crippen molar-refractivity contribution >= 4 is 0 Å². The van der Waals surface area contributed by atoms with E-state index < -0.39 is 0 Å². The van der Waals surface area contributed by atoms with Gasteiger partial charge in [-0.2, -0.15) is 0 Å². The molecule has 0 atom stereocenters. The van der Waals surface area contributed by atoms with Crippen LogP contribution in [0.4, 0.5) is 0 Å². The summed E-state index contributed by atoms with van der Waals surface area (Å²) in [6, 6.07) is 21.0. The van der Waals surface area contributed by atoms with Crippen molar-refractivity contribution in [2.45, 2.75) is 12.5 Å². The minimum absolute atomic E-state index is 0.295. The highest BCUT2D eigenvalue weighted by Gasteiger charge is 2.14. The molecule has 0 saturated carbocycles. The van der Waals surface area contributed by atoms with Crippen molar-refractivity contribution in [1.82, 2.24) is 15.0 Å². The fourth-order valence-electron chi connectivity index (χ4n) is 2.29. The lowest BCUT2D eigenvalue weighted by Crippen LogP contribution is -2.11. The smallest absolute Gasteiger partial charge is 0.0692 e. The minimum atomic E-state index is 0.295. The van der Waals surface area contributed by atoms with Crippen molar-refractivity contribution in [2.75, 3.05) is 0 Å². The maximum Gasteiger partial charge on any atom is 0.0692 e. The molecule has 0 saturated heterocycles. The molecule has 0 radical (unpaired) electrons. The summed E-state index contributed by atoms with van der Waals surface area (Å²) in [6.07, 6.45) is 3.62. The van der Waals surface area contributed by atoms with Gasteiger partial charge in [0.05, 0.1) is 12.7 Å². The Kier molecular flexibility index (Phi) is 3.36. The van der Waals surface area contributed by atoms with Crippen LogP contribution < -0.4 is 0 Å². The van der Waals surface area contributed by atoms with Crippen LogP contribution in [0, 0.1) is 0 Å². The van der Waals surface area contributed by atoms with Crippen LogP contribution in [0.15, 0.2) is 73.1 Å². The van der Waals surface area contributed by atoms with Gasteiger partial charge in [0.15, 0.2) is 0 Å². The zero-order chi connectivity index (χ0) is 12.9. The molecule has 0 aliphatic rings. The monoisotopic (exact) mass is 249 g/mol. The summed E-state index contributed by atoms with van der Waals surface area (Å²) in [4.78, 5) is 0. The molecule has 1 aromatic heterocycles. The normalized spacial score (nSPS) is 10.8. The molecule has 94 valence electrons. The first-order valence-electron chi connectivity index (χ1n) is 6.37. The lowest BCUT2D eigenvalue weighted by Gasteiger charge is -2.17.